The van der Waals surface area contributed by atoms with E-state index in [1.54, 1.807) is 0 Å². The Balaban J connectivity index is 1.28. The Labute approximate surface area is 194 Å². The fourth-order valence-corrected chi connectivity index (χ4v) is 4.71. The van der Waals surface area contributed by atoms with E-state index in [1.807, 2.05) is 53.4 Å². The fraction of sp³-hybridized carbons (Fsp3) is 0.423. The zero-order valence-corrected chi connectivity index (χ0v) is 18.9. The van der Waals surface area contributed by atoms with Crippen LogP contribution in [0.3, 0.4) is 0 Å². The summed E-state index contributed by atoms with van der Waals surface area (Å²) in [6, 6.07) is 14.8. The van der Waals surface area contributed by atoms with Crippen LogP contribution in [-0.4, -0.2) is 35.8 Å². The molecule has 7 nitrogen and oxygen atoms in total. The quantitative estimate of drug-likeness (QED) is 0.615. The predicted octanol–water partition coefficient (Wildman–Crippen LogP) is 4.30. The molecule has 0 bridgehead atoms. The van der Waals surface area contributed by atoms with Crippen molar-refractivity contribution in [2.75, 3.05) is 23.7 Å². The first kappa shape index (κ1) is 22.8. The van der Waals surface area contributed by atoms with Crippen LogP contribution in [0.4, 0.5) is 16.2 Å². The lowest BCUT2D eigenvalue weighted by Crippen LogP contribution is -2.39. The maximum Gasteiger partial charge on any atom is 0.323 e. The Morgan fingerprint density at radius 3 is 2.48 bits per heavy atom. The van der Waals surface area contributed by atoms with Gasteiger partial charge in [-0.2, -0.15) is 0 Å². The number of anilines is 2. The van der Waals surface area contributed by atoms with Crippen LogP contribution in [0, 0.1) is 5.92 Å². The number of hydrogen-bond acceptors (Lipinski definition) is 3. The van der Waals surface area contributed by atoms with Gasteiger partial charge < -0.3 is 20.9 Å². The highest BCUT2D eigenvalue weighted by Gasteiger charge is 2.24. The molecule has 1 fully saturated rings. The van der Waals surface area contributed by atoms with Gasteiger partial charge in [-0.05, 0) is 48.6 Å². The molecule has 1 heterocycles. The Hall–Kier alpha value is -3.35. The van der Waals surface area contributed by atoms with Gasteiger partial charge in [-0.1, -0.05) is 49.6 Å². The fourth-order valence-electron chi connectivity index (χ4n) is 4.71. The highest BCUT2D eigenvalue weighted by atomic mass is 16.2. The first-order chi connectivity index (χ1) is 16.1. The van der Waals surface area contributed by atoms with Crippen LogP contribution in [0.1, 0.15) is 49.7 Å². The third-order valence-electron chi connectivity index (χ3n) is 6.51. The minimum absolute atomic E-state index is 0.0461. The maximum atomic E-state index is 12.7. The maximum absolute atomic E-state index is 12.7. The van der Waals surface area contributed by atoms with Gasteiger partial charge in [0.05, 0.1) is 0 Å². The Morgan fingerprint density at radius 2 is 1.70 bits per heavy atom. The van der Waals surface area contributed by atoms with Gasteiger partial charge in [0, 0.05) is 43.3 Å². The van der Waals surface area contributed by atoms with Gasteiger partial charge in [-0.3, -0.25) is 9.59 Å². The van der Waals surface area contributed by atoms with Crippen molar-refractivity contribution in [3.63, 3.8) is 0 Å². The molecule has 2 aliphatic rings. The molecule has 4 amide bonds. The number of amides is 4. The SMILES string of the molecule is O=C(Nc1ccccc1)Nc1cccc2c1CCN(C(=O)CCNC(=O)C1CCCCC1)C2. The zero-order valence-electron chi connectivity index (χ0n) is 18.9. The van der Waals surface area contributed by atoms with Crippen LogP contribution < -0.4 is 16.0 Å². The number of nitrogens with zero attached hydrogens (tertiary/aromatic N) is 1. The Morgan fingerprint density at radius 1 is 0.909 bits per heavy atom. The third-order valence-corrected chi connectivity index (χ3v) is 6.51. The van der Waals surface area contributed by atoms with Crippen molar-refractivity contribution in [3.05, 3.63) is 59.7 Å². The van der Waals surface area contributed by atoms with E-state index in [0.717, 1.165) is 48.2 Å². The topological polar surface area (TPSA) is 90.5 Å². The molecule has 1 saturated carbocycles. The summed E-state index contributed by atoms with van der Waals surface area (Å²) in [7, 11) is 0. The summed E-state index contributed by atoms with van der Waals surface area (Å²) >= 11 is 0. The number of nitrogens with one attached hydrogen (secondary N) is 3. The van der Waals surface area contributed by atoms with Crippen molar-refractivity contribution in [3.8, 4) is 0 Å². The number of urea groups is 1. The van der Waals surface area contributed by atoms with Gasteiger partial charge in [0.1, 0.15) is 0 Å². The number of carbonyl (C=O) groups is 3. The molecule has 4 rings (SSSR count). The van der Waals surface area contributed by atoms with E-state index in [9.17, 15) is 14.4 Å². The molecule has 33 heavy (non-hydrogen) atoms. The summed E-state index contributed by atoms with van der Waals surface area (Å²) in [6.07, 6.45) is 6.37. The highest BCUT2D eigenvalue weighted by Crippen LogP contribution is 2.27. The van der Waals surface area contributed by atoms with E-state index in [0.29, 0.717) is 32.5 Å². The molecule has 0 atom stereocenters. The van der Waals surface area contributed by atoms with Gasteiger partial charge in [-0.25, -0.2) is 4.79 Å². The lowest BCUT2D eigenvalue weighted by molar-refractivity contribution is -0.132. The van der Waals surface area contributed by atoms with Crippen LogP contribution in [0.15, 0.2) is 48.5 Å². The summed E-state index contributed by atoms with van der Waals surface area (Å²) in [5.74, 6) is 0.251. The standard InChI is InChI=1S/C26H32N4O3/c31-24(14-16-27-25(32)19-8-3-1-4-9-19)30-17-15-22-20(18-30)10-7-13-23(22)29-26(33)28-21-11-5-2-6-12-21/h2,5-7,10-13,19H,1,3-4,8-9,14-18H2,(H,27,32)(H2,28,29,33). The minimum Gasteiger partial charge on any atom is -0.355 e. The molecule has 0 aromatic heterocycles. The van der Waals surface area contributed by atoms with E-state index in [4.69, 9.17) is 0 Å². The van der Waals surface area contributed by atoms with Crippen LogP contribution in [-0.2, 0) is 22.6 Å². The summed E-state index contributed by atoms with van der Waals surface area (Å²) < 4.78 is 0. The second kappa shape index (κ2) is 11.0. The summed E-state index contributed by atoms with van der Waals surface area (Å²) in [6.45, 7) is 1.50. The smallest absolute Gasteiger partial charge is 0.323 e. The molecule has 7 heteroatoms. The molecule has 1 aliphatic heterocycles. The lowest BCUT2D eigenvalue weighted by atomic mass is 9.89. The molecule has 0 spiro atoms. The van der Waals surface area contributed by atoms with Crippen molar-refractivity contribution < 1.29 is 14.4 Å². The van der Waals surface area contributed by atoms with Crippen molar-refractivity contribution in [2.45, 2.75) is 51.5 Å². The summed E-state index contributed by atoms with van der Waals surface area (Å²) in [5, 5.41) is 8.72. The van der Waals surface area contributed by atoms with Crippen LogP contribution >= 0.6 is 0 Å². The van der Waals surface area contributed by atoms with Crippen molar-refractivity contribution in [1.29, 1.82) is 0 Å². The summed E-state index contributed by atoms with van der Waals surface area (Å²) in [5.41, 5.74) is 3.61. The van der Waals surface area contributed by atoms with Gasteiger partial charge in [0.25, 0.3) is 0 Å². The molecular weight excluding hydrogens is 416 g/mol. The number of carbonyl (C=O) groups excluding carboxylic acids is 3. The van der Waals surface area contributed by atoms with Crippen molar-refractivity contribution >= 4 is 29.2 Å². The molecule has 0 saturated heterocycles. The normalized spacial score (nSPS) is 15.9. The van der Waals surface area contributed by atoms with E-state index < -0.39 is 0 Å². The number of para-hydroxylation sites is 1. The average Bonchev–Trinajstić information content (AvgIpc) is 2.85. The average molecular weight is 449 g/mol. The second-order valence-corrected chi connectivity index (χ2v) is 8.83. The molecule has 2 aromatic carbocycles. The number of fused-ring (bicyclic) bond motifs is 1. The third kappa shape index (κ3) is 6.12. The number of rotatable bonds is 6. The van der Waals surface area contributed by atoms with Crippen LogP contribution in [0.5, 0.6) is 0 Å². The highest BCUT2D eigenvalue weighted by molar-refractivity contribution is 6.00. The Bertz CT molecular complexity index is 986. The number of benzene rings is 2. The first-order valence-electron chi connectivity index (χ1n) is 11.9. The van der Waals surface area contributed by atoms with Gasteiger partial charge in [0.15, 0.2) is 0 Å². The van der Waals surface area contributed by atoms with E-state index in [2.05, 4.69) is 16.0 Å². The number of hydrogen-bond donors (Lipinski definition) is 3. The molecule has 174 valence electrons. The monoisotopic (exact) mass is 448 g/mol. The Kier molecular flexibility index (Phi) is 7.60. The molecular formula is C26H32N4O3. The molecule has 0 unspecified atom stereocenters. The van der Waals surface area contributed by atoms with Crippen molar-refractivity contribution in [1.82, 2.24) is 10.2 Å². The van der Waals surface area contributed by atoms with E-state index in [1.165, 1.54) is 6.42 Å². The summed E-state index contributed by atoms with van der Waals surface area (Å²) in [4.78, 5) is 39.3. The van der Waals surface area contributed by atoms with Crippen molar-refractivity contribution in [2.24, 2.45) is 5.92 Å². The van der Waals surface area contributed by atoms with Gasteiger partial charge >= 0.3 is 6.03 Å². The predicted molar refractivity (Wildman–Crippen MR) is 129 cm³/mol. The molecule has 2 aromatic rings. The van der Waals surface area contributed by atoms with E-state index in [-0.39, 0.29) is 23.8 Å². The van der Waals surface area contributed by atoms with Crippen LogP contribution in [0.25, 0.3) is 0 Å². The molecule has 0 radical (unpaired) electrons. The van der Waals surface area contributed by atoms with E-state index >= 15 is 0 Å². The lowest BCUT2D eigenvalue weighted by Gasteiger charge is -2.30. The minimum atomic E-state index is -0.290. The van der Waals surface area contributed by atoms with Gasteiger partial charge in [-0.15, -0.1) is 0 Å². The first-order valence-corrected chi connectivity index (χ1v) is 11.9. The second-order valence-electron chi connectivity index (χ2n) is 8.83. The largest absolute Gasteiger partial charge is 0.355 e. The molecule has 3 N–H and O–H groups in total. The van der Waals surface area contributed by atoms with Crippen LogP contribution in [0.2, 0.25) is 0 Å². The molecule has 1 aliphatic carbocycles. The zero-order chi connectivity index (χ0) is 23.0. The van der Waals surface area contributed by atoms with Gasteiger partial charge in [0.2, 0.25) is 11.8 Å².